The van der Waals surface area contributed by atoms with Crippen molar-refractivity contribution in [3.63, 3.8) is 0 Å². The molecule has 0 bridgehead atoms. The summed E-state index contributed by atoms with van der Waals surface area (Å²) in [6, 6.07) is 10.6. The van der Waals surface area contributed by atoms with Crippen LogP contribution in [0.2, 0.25) is 0 Å². The SMILES string of the molecule is CC(C)C(C)(CN)NC(=O)CN1c2cccc3cccc(c23)S1(=O)=O. The molecule has 3 N–H and O–H groups in total. The van der Waals surface area contributed by atoms with E-state index in [0.717, 1.165) is 5.39 Å². The maximum Gasteiger partial charge on any atom is 0.265 e. The highest BCUT2D eigenvalue weighted by molar-refractivity contribution is 7.93. The number of sulfonamides is 1. The van der Waals surface area contributed by atoms with Crippen LogP contribution in [0, 0.1) is 5.92 Å². The fourth-order valence-corrected chi connectivity index (χ4v) is 4.71. The first-order valence-electron chi connectivity index (χ1n) is 8.26. The van der Waals surface area contributed by atoms with Crippen LogP contribution >= 0.6 is 0 Å². The van der Waals surface area contributed by atoms with Crippen LogP contribution in [0.3, 0.4) is 0 Å². The van der Waals surface area contributed by atoms with Crippen LogP contribution in [0.5, 0.6) is 0 Å². The Morgan fingerprint density at radius 2 is 1.88 bits per heavy atom. The molecule has 1 atom stereocenters. The second kappa shape index (κ2) is 6.00. The molecule has 6 nitrogen and oxygen atoms in total. The van der Waals surface area contributed by atoms with E-state index in [4.69, 9.17) is 5.73 Å². The molecule has 0 aliphatic carbocycles. The fourth-order valence-electron chi connectivity index (χ4n) is 3.05. The summed E-state index contributed by atoms with van der Waals surface area (Å²) in [4.78, 5) is 12.8. The van der Waals surface area contributed by atoms with E-state index in [0.29, 0.717) is 11.1 Å². The van der Waals surface area contributed by atoms with Crippen LogP contribution < -0.4 is 15.4 Å². The van der Waals surface area contributed by atoms with Crippen molar-refractivity contribution >= 4 is 32.4 Å². The number of anilines is 1. The van der Waals surface area contributed by atoms with Gasteiger partial charge in [0.05, 0.1) is 16.1 Å². The molecule has 1 aliphatic heterocycles. The minimum Gasteiger partial charge on any atom is -0.348 e. The number of hydrogen-bond donors (Lipinski definition) is 2. The lowest BCUT2D eigenvalue weighted by Gasteiger charge is -2.34. The lowest BCUT2D eigenvalue weighted by molar-refractivity contribution is -0.121. The standard InChI is InChI=1S/C18H23N3O3S/c1-12(2)18(3,11-19)20-16(22)10-21-14-8-4-6-13-7-5-9-15(17(13)14)25(21,23)24/h4-9,12H,10-11,19H2,1-3H3,(H,20,22). The molecule has 0 fully saturated rings. The number of nitrogens with zero attached hydrogens (tertiary/aromatic N) is 1. The van der Waals surface area contributed by atoms with Gasteiger partial charge in [-0.25, -0.2) is 8.42 Å². The van der Waals surface area contributed by atoms with Gasteiger partial charge in [0.1, 0.15) is 6.54 Å². The minimum absolute atomic E-state index is 0.122. The summed E-state index contributed by atoms with van der Waals surface area (Å²) in [5, 5.41) is 4.41. The van der Waals surface area contributed by atoms with Crippen molar-refractivity contribution in [1.82, 2.24) is 5.32 Å². The third kappa shape index (κ3) is 2.77. The fraction of sp³-hybridized carbons (Fsp3) is 0.389. The lowest BCUT2D eigenvalue weighted by Crippen LogP contribution is -2.57. The molecular formula is C18H23N3O3S. The molecule has 0 aromatic heterocycles. The Bertz CT molecular complexity index is 934. The summed E-state index contributed by atoms with van der Waals surface area (Å²) >= 11 is 0. The van der Waals surface area contributed by atoms with Crippen molar-refractivity contribution in [3.8, 4) is 0 Å². The number of carbonyl (C=O) groups excluding carboxylic acids is 1. The molecule has 1 aliphatic rings. The van der Waals surface area contributed by atoms with Gasteiger partial charge in [-0.1, -0.05) is 38.1 Å². The highest BCUT2D eigenvalue weighted by Crippen LogP contribution is 2.41. The highest BCUT2D eigenvalue weighted by Gasteiger charge is 2.38. The van der Waals surface area contributed by atoms with Gasteiger partial charge in [0.25, 0.3) is 10.0 Å². The molecule has 3 rings (SSSR count). The minimum atomic E-state index is -3.73. The number of amides is 1. The lowest BCUT2D eigenvalue weighted by atomic mass is 9.88. The van der Waals surface area contributed by atoms with Crippen LogP contribution in [0.15, 0.2) is 41.3 Å². The van der Waals surface area contributed by atoms with Crippen molar-refractivity contribution in [2.75, 3.05) is 17.4 Å². The van der Waals surface area contributed by atoms with Crippen LogP contribution in [0.25, 0.3) is 10.8 Å². The van der Waals surface area contributed by atoms with Gasteiger partial charge < -0.3 is 11.1 Å². The Hall–Kier alpha value is -2.12. The first-order chi connectivity index (χ1) is 11.7. The van der Waals surface area contributed by atoms with E-state index in [1.165, 1.54) is 4.31 Å². The van der Waals surface area contributed by atoms with Gasteiger partial charge in [-0.15, -0.1) is 0 Å². The summed E-state index contributed by atoms with van der Waals surface area (Å²) in [7, 11) is -3.73. The van der Waals surface area contributed by atoms with Crippen molar-refractivity contribution in [2.45, 2.75) is 31.2 Å². The quantitative estimate of drug-likeness (QED) is 0.850. The average molecular weight is 361 g/mol. The van der Waals surface area contributed by atoms with Crippen molar-refractivity contribution in [3.05, 3.63) is 36.4 Å². The van der Waals surface area contributed by atoms with Crippen LogP contribution in [-0.2, 0) is 14.8 Å². The molecule has 2 aromatic carbocycles. The summed E-state index contributed by atoms with van der Waals surface area (Å²) < 4.78 is 27.0. The van der Waals surface area contributed by atoms with Gasteiger partial charge in [-0.3, -0.25) is 9.10 Å². The zero-order valence-electron chi connectivity index (χ0n) is 14.6. The molecule has 134 valence electrons. The molecule has 1 amide bonds. The largest absolute Gasteiger partial charge is 0.348 e. The summed E-state index contributed by atoms with van der Waals surface area (Å²) in [5.74, 6) is -0.243. The zero-order chi connectivity index (χ0) is 18.4. The zero-order valence-corrected chi connectivity index (χ0v) is 15.4. The summed E-state index contributed by atoms with van der Waals surface area (Å²) in [6.07, 6.45) is 0. The molecule has 25 heavy (non-hydrogen) atoms. The molecule has 0 saturated carbocycles. The maximum atomic E-state index is 12.9. The Morgan fingerprint density at radius 1 is 1.24 bits per heavy atom. The number of nitrogens with one attached hydrogen (secondary N) is 1. The van der Waals surface area contributed by atoms with E-state index in [9.17, 15) is 13.2 Å². The monoisotopic (exact) mass is 361 g/mol. The Labute approximate surface area is 148 Å². The molecule has 7 heteroatoms. The van der Waals surface area contributed by atoms with Crippen LogP contribution in [0.4, 0.5) is 5.69 Å². The van der Waals surface area contributed by atoms with E-state index in [1.807, 2.05) is 32.9 Å². The third-order valence-electron chi connectivity index (χ3n) is 5.09. The van der Waals surface area contributed by atoms with E-state index in [2.05, 4.69) is 5.32 Å². The number of hydrogen-bond acceptors (Lipinski definition) is 4. The Kier molecular flexibility index (Phi) is 4.25. The number of rotatable bonds is 5. The van der Waals surface area contributed by atoms with Gasteiger partial charge >= 0.3 is 0 Å². The Morgan fingerprint density at radius 3 is 2.48 bits per heavy atom. The van der Waals surface area contributed by atoms with Gasteiger partial charge in [0.2, 0.25) is 5.91 Å². The van der Waals surface area contributed by atoms with E-state index >= 15 is 0 Å². The van der Waals surface area contributed by atoms with E-state index in [1.54, 1.807) is 24.3 Å². The van der Waals surface area contributed by atoms with Crippen LogP contribution in [-0.4, -0.2) is 33.0 Å². The first kappa shape index (κ1) is 17.7. The van der Waals surface area contributed by atoms with Crippen molar-refractivity contribution < 1.29 is 13.2 Å². The molecule has 0 spiro atoms. The Balaban J connectivity index is 1.95. The van der Waals surface area contributed by atoms with Crippen LogP contribution in [0.1, 0.15) is 20.8 Å². The third-order valence-corrected chi connectivity index (χ3v) is 6.89. The molecule has 1 heterocycles. The second-order valence-corrected chi connectivity index (χ2v) is 8.80. The average Bonchev–Trinajstić information content (AvgIpc) is 2.78. The maximum absolute atomic E-state index is 12.9. The molecule has 0 saturated heterocycles. The summed E-state index contributed by atoms with van der Waals surface area (Å²) in [5.41, 5.74) is 5.76. The topological polar surface area (TPSA) is 92.5 Å². The normalized spacial score (nSPS) is 17.7. The molecule has 0 radical (unpaired) electrons. The van der Waals surface area contributed by atoms with Gasteiger partial charge in [0.15, 0.2) is 0 Å². The van der Waals surface area contributed by atoms with Crippen molar-refractivity contribution in [1.29, 1.82) is 0 Å². The van der Waals surface area contributed by atoms with Gasteiger partial charge in [-0.2, -0.15) is 0 Å². The number of benzene rings is 2. The molecule has 2 aromatic rings. The van der Waals surface area contributed by atoms with Crippen molar-refractivity contribution in [2.24, 2.45) is 11.7 Å². The predicted octanol–water partition coefficient (Wildman–Crippen LogP) is 1.84. The second-order valence-electron chi connectivity index (χ2n) is 6.97. The highest BCUT2D eigenvalue weighted by atomic mass is 32.2. The number of nitrogens with two attached hydrogens (primary N) is 1. The predicted molar refractivity (Wildman–Crippen MR) is 98.9 cm³/mol. The summed E-state index contributed by atoms with van der Waals surface area (Å²) in [6.45, 7) is 5.81. The van der Waals surface area contributed by atoms with E-state index in [-0.39, 0.29) is 29.8 Å². The van der Waals surface area contributed by atoms with Gasteiger partial charge in [0, 0.05) is 11.9 Å². The van der Waals surface area contributed by atoms with Gasteiger partial charge in [-0.05, 0) is 30.4 Å². The van der Waals surface area contributed by atoms with E-state index < -0.39 is 15.6 Å². The molecular weight excluding hydrogens is 338 g/mol. The molecule has 1 unspecified atom stereocenters. The first-order valence-corrected chi connectivity index (χ1v) is 9.70. The smallest absolute Gasteiger partial charge is 0.265 e. The number of carbonyl (C=O) groups is 1.